The molecule has 0 aromatic carbocycles. The number of nitrogen functional groups attached to an aromatic ring is 1. The maximum atomic E-state index is 13.3. The van der Waals surface area contributed by atoms with E-state index in [1.165, 1.54) is 36.8 Å². The molecule has 3 heterocycles. The number of ether oxygens (including phenoxy) is 3. The van der Waals surface area contributed by atoms with Gasteiger partial charge < -0.3 is 55.3 Å². The zero-order chi connectivity index (χ0) is 48.9. The summed E-state index contributed by atoms with van der Waals surface area (Å²) in [6, 6.07) is 1.22. The quantitative estimate of drug-likeness (QED) is 0.0434. The van der Waals surface area contributed by atoms with Gasteiger partial charge in [0.05, 0.1) is 44.1 Å². The lowest BCUT2D eigenvalue weighted by Gasteiger charge is -2.40. The SMILES string of the molecule is CCCCC[C@@H](O)C=C[C@@H]1[C@H](O)[C@H](O)[C@H]2COP(=O)(O)OP(=O)(O)OC[C@H](OC(=O)CCCCCCCCC(C)CC)COC(=O)C/C=C\C[C@@H]([C@H](n3ccc(N)nc3=O)O2)[C@@H](O)C[C@H]1O. The Kier molecular flexibility index (Phi) is 25.4. The Morgan fingerprint density at radius 1 is 0.924 bits per heavy atom. The van der Waals surface area contributed by atoms with Crippen molar-refractivity contribution in [1.29, 1.82) is 0 Å². The standard InChI is InChI=1S/C43H73N3O18P2/c1-4-6-11-17-30(47)21-22-32-34(48)25-35(49)33-18-14-15-19-38(50)59-26-31(62-39(51)20-13-10-8-7-9-12-16-29(3)5-2)27-60-65(55,56)64-66(57,58)61-28-36(41(53)40(32)52)63-42(33)46-24-23-37(44)45-43(46)54/h14-15,21-24,29-36,40-42,47-49,52-53H,4-13,16-20,25-28H2,1-3H3,(H,55,56)(H,57,58)(H2,44,45,54)/b15-14-,22-21?/t29?,30-,31-,32+,33-,34-,35+,36-,40+,41-,42-/m1/s1. The second-order valence-electron chi connectivity index (χ2n) is 17.1. The average molecular weight is 982 g/mol. The molecule has 3 rings (SSSR count). The highest BCUT2D eigenvalue weighted by atomic mass is 31.3. The fourth-order valence-corrected chi connectivity index (χ4v) is 9.65. The van der Waals surface area contributed by atoms with Gasteiger partial charge in [-0.2, -0.15) is 9.29 Å². The summed E-state index contributed by atoms with van der Waals surface area (Å²) < 4.78 is 58.5. The first-order valence-corrected chi connectivity index (χ1v) is 26.0. The van der Waals surface area contributed by atoms with Gasteiger partial charge in [0.25, 0.3) is 0 Å². The molecule has 1 saturated heterocycles. The number of aromatic nitrogens is 2. The summed E-state index contributed by atoms with van der Waals surface area (Å²) in [5.74, 6) is -3.75. The maximum Gasteiger partial charge on any atom is 0.481 e. The van der Waals surface area contributed by atoms with Crippen molar-refractivity contribution in [3.05, 3.63) is 47.1 Å². The molecular formula is C43H73N3O18P2. The molecule has 3 unspecified atom stereocenters. The van der Waals surface area contributed by atoms with Gasteiger partial charge in [-0.3, -0.25) is 23.2 Å². The zero-order valence-electron chi connectivity index (χ0n) is 38.2. The summed E-state index contributed by atoms with van der Waals surface area (Å²) in [7, 11) is -11.3. The monoisotopic (exact) mass is 981 g/mol. The molecule has 21 nitrogen and oxygen atoms in total. The van der Waals surface area contributed by atoms with Crippen LogP contribution in [0.1, 0.15) is 130 Å². The number of fused-ring (bicyclic) bond motifs is 3. The molecule has 9 N–H and O–H groups in total. The van der Waals surface area contributed by atoms with E-state index in [1.807, 2.05) is 6.92 Å². The van der Waals surface area contributed by atoms with E-state index in [0.29, 0.717) is 25.2 Å². The number of nitrogens with two attached hydrogens (primary N) is 1. The summed E-state index contributed by atoms with van der Waals surface area (Å²) in [5, 5.41) is 57.1. The van der Waals surface area contributed by atoms with Gasteiger partial charge in [-0.05, 0) is 31.2 Å². The Morgan fingerprint density at radius 2 is 1.59 bits per heavy atom. The van der Waals surface area contributed by atoms with Crippen molar-refractivity contribution in [2.75, 3.05) is 25.6 Å². The molecule has 23 heteroatoms. The highest BCUT2D eigenvalue weighted by Gasteiger charge is 2.45. The van der Waals surface area contributed by atoms with Crippen molar-refractivity contribution in [3.63, 3.8) is 0 Å². The number of phosphoric acid groups is 2. The van der Waals surface area contributed by atoms with Gasteiger partial charge in [-0.25, -0.2) is 13.9 Å². The van der Waals surface area contributed by atoms with Crippen molar-refractivity contribution >= 4 is 33.4 Å². The largest absolute Gasteiger partial charge is 0.481 e. The van der Waals surface area contributed by atoms with Gasteiger partial charge in [0.2, 0.25) is 0 Å². The van der Waals surface area contributed by atoms with Gasteiger partial charge >= 0.3 is 33.3 Å². The van der Waals surface area contributed by atoms with Crippen LogP contribution in [0.15, 0.2) is 41.4 Å². The van der Waals surface area contributed by atoms with Crippen LogP contribution >= 0.6 is 15.6 Å². The molecule has 2 bridgehead atoms. The Hall–Kier alpha value is -2.88. The molecule has 2 aliphatic heterocycles. The minimum atomic E-state index is -5.69. The molecule has 1 fully saturated rings. The Morgan fingerprint density at radius 3 is 2.27 bits per heavy atom. The third-order valence-electron chi connectivity index (χ3n) is 11.7. The van der Waals surface area contributed by atoms with Crippen LogP contribution in [0, 0.1) is 17.8 Å². The summed E-state index contributed by atoms with van der Waals surface area (Å²) in [6.45, 7) is 3.58. The van der Waals surface area contributed by atoms with E-state index in [0.717, 1.165) is 62.1 Å². The van der Waals surface area contributed by atoms with Crippen molar-refractivity contribution in [1.82, 2.24) is 9.55 Å². The van der Waals surface area contributed by atoms with Crippen LogP contribution < -0.4 is 11.4 Å². The van der Waals surface area contributed by atoms with Gasteiger partial charge in [0.1, 0.15) is 30.9 Å². The van der Waals surface area contributed by atoms with E-state index in [9.17, 15) is 58.8 Å². The fraction of sp³-hybridized carbons (Fsp3) is 0.767. The molecular weight excluding hydrogens is 908 g/mol. The number of rotatable bonds is 18. The third-order valence-corrected chi connectivity index (χ3v) is 14.3. The summed E-state index contributed by atoms with van der Waals surface area (Å²) in [6.07, 6.45) is 2.40. The molecule has 0 aliphatic carbocycles. The number of allylic oxidation sites excluding steroid dienone is 1. The van der Waals surface area contributed by atoms with E-state index in [4.69, 9.17) is 29.0 Å². The molecule has 0 amide bonds. The molecule has 13 atom stereocenters. The first kappa shape index (κ1) is 57.4. The van der Waals surface area contributed by atoms with Crippen molar-refractivity contribution < 1.29 is 81.6 Å². The number of unbranched alkanes of at least 4 members (excludes halogenated alkanes) is 7. The number of hydrogen-bond acceptors (Lipinski definition) is 18. The van der Waals surface area contributed by atoms with Crippen LogP contribution in [0.4, 0.5) is 5.82 Å². The summed E-state index contributed by atoms with van der Waals surface area (Å²) >= 11 is 0. The zero-order valence-corrected chi connectivity index (χ0v) is 40.0. The number of hydrogen-bond donors (Lipinski definition) is 8. The van der Waals surface area contributed by atoms with Gasteiger partial charge in [0, 0.05) is 30.9 Å². The lowest BCUT2D eigenvalue weighted by atomic mass is 9.82. The molecule has 1 aromatic heterocycles. The van der Waals surface area contributed by atoms with Crippen molar-refractivity contribution in [3.8, 4) is 0 Å². The summed E-state index contributed by atoms with van der Waals surface area (Å²) in [5.41, 5.74) is 4.72. The van der Waals surface area contributed by atoms with Crippen LogP contribution in [0.25, 0.3) is 0 Å². The van der Waals surface area contributed by atoms with Crippen LogP contribution in [0.5, 0.6) is 0 Å². The number of cyclic esters (lactones) is 1. The minimum absolute atomic E-state index is 0.0154. The lowest BCUT2D eigenvalue weighted by Crippen LogP contribution is -2.52. The van der Waals surface area contributed by atoms with Crippen molar-refractivity contribution in [2.45, 2.75) is 172 Å². The number of aliphatic hydroxyl groups excluding tert-OH is 5. The first-order chi connectivity index (χ1) is 31.3. The number of anilines is 1. The normalized spacial score (nSPS) is 32.6. The molecule has 0 spiro atoms. The second kappa shape index (κ2) is 29.2. The van der Waals surface area contributed by atoms with Gasteiger partial charge in [-0.1, -0.05) is 109 Å². The van der Waals surface area contributed by atoms with Gasteiger partial charge in [0.15, 0.2) is 6.10 Å². The highest BCUT2D eigenvalue weighted by molar-refractivity contribution is 7.61. The third kappa shape index (κ3) is 20.8. The lowest BCUT2D eigenvalue weighted by molar-refractivity contribution is -0.194. The highest BCUT2D eigenvalue weighted by Crippen LogP contribution is 2.60. The summed E-state index contributed by atoms with van der Waals surface area (Å²) in [4.78, 5) is 63.9. The van der Waals surface area contributed by atoms with Crippen LogP contribution in [-0.2, 0) is 46.3 Å². The number of carbonyl (C=O) groups is 2. The predicted octanol–water partition coefficient (Wildman–Crippen LogP) is 4.51. The molecule has 2 aliphatic rings. The van der Waals surface area contributed by atoms with E-state index in [-0.39, 0.29) is 25.1 Å². The molecule has 1 aromatic rings. The van der Waals surface area contributed by atoms with E-state index in [2.05, 4.69) is 23.1 Å². The van der Waals surface area contributed by atoms with E-state index < -0.39 is 120 Å². The Bertz CT molecular complexity index is 1830. The van der Waals surface area contributed by atoms with E-state index >= 15 is 0 Å². The van der Waals surface area contributed by atoms with Crippen molar-refractivity contribution in [2.24, 2.45) is 17.8 Å². The molecule has 0 saturated carbocycles. The Labute approximate surface area is 386 Å². The average Bonchev–Trinajstić information content (AvgIpc) is 3.24. The van der Waals surface area contributed by atoms with Gasteiger partial charge in [-0.15, -0.1) is 0 Å². The topological polar surface area (TPSA) is 326 Å². The van der Waals surface area contributed by atoms with E-state index in [1.54, 1.807) is 0 Å². The predicted molar refractivity (Wildman–Crippen MR) is 240 cm³/mol. The molecule has 0 radical (unpaired) electrons. The molecule has 66 heavy (non-hydrogen) atoms. The minimum Gasteiger partial charge on any atom is -0.461 e. The Balaban J connectivity index is 1.94. The number of nitrogens with zero attached hydrogens (tertiary/aromatic N) is 2. The number of carbonyl (C=O) groups excluding carboxylic acids is 2. The number of phosphoric ester groups is 2. The number of esters is 2. The van der Waals surface area contributed by atoms with Crippen LogP contribution in [0.3, 0.4) is 0 Å². The first-order valence-electron chi connectivity index (χ1n) is 23.0. The van der Waals surface area contributed by atoms with Crippen LogP contribution in [0.2, 0.25) is 0 Å². The maximum absolute atomic E-state index is 13.3. The second-order valence-corrected chi connectivity index (χ2v) is 20.2. The number of aliphatic hydroxyl groups is 5. The van der Waals surface area contributed by atoms with Crippen LogP contribution in [-0.4, -0.2) is 119 Å². The smallest absolute Gasteiger partial charge is 0.461 e. The fourth-order valence-electron chi connectivity index (χ4n) is 7.54. The molecule has 378 valence electrons.